The maximum absolute atomic E-state index is 8.72. The van der Waals surface area contributed by atoms with E-state index in [-0.39, 0.29) is 11.6 Å². The van der Waals surface area contributed by atoms with Gasteiger partial charge in [0.1, 0.15) is 24.8 Å². The second kappa shape index (κ2) is 5.85. The molecular weight excluding hydrogens is 280 g/mol. The highest BCUT2D eigenvalue weighted by atomic mass is 15.3. The molecule has 0 saturated carbocycles. The molecule has 3 rings (SSSR count). The molecular formula is C14H10N8. The van der Waals surface area contributed by atoms with E-state index >= 15 is 0 Å². The lowest BCUT2D eigenvalue weighted by molar-refractivity contribution is 0.669. The average Bonchev–Trinajstić information content (AvgIpc) is 3.16. The zero-order valence-electron chi connectivity index (χ0n) is 11.5. The number of hydrogen-bond acceptors (Lipinski definition) is 6. The highest BCUT2D eigenvalue weighted by Gasteiger charge is 2.03. The predicted molar refractivity (Wildman–Crippen MR) is 74.1 cm³/mol. The largest absolute Gasteiger partial charge is 0.252 e. The monoisotopic (exact) mass is 290 g/mol. The molecule has 0 N–H and O–H groups in total. The Hall–Kier alpha value is -3.52. The van der Waals surface area contributed by atoms with E-state index in [1.54, 1.807) is 9.36 Å². The van der Waals surface area contributed by atoms with Crippen molar-refractivity contribution in [1.29, 1.82) is 10.5 Å². The summed E-state index contributed by atoms with van der Waals surface area (Å²) >= 11 is 0. The fourth-order valence-corrected chi connectivity index (χ4v) is 2.04. The highest BCUT2D eigenvalue weighted by molar-refractivity contribution is 5.24. The topological polar surface area (TPSA) is 109 Å². The zero-order valence-corrected chi connectivity index (χ0v) is 11.5. The number of hydrogen-bond donors (Lipinski definition) is 0. The Kier molecular flexibility index (Phi) is 3.58. The van der Waals surface area contributed by atoms with Crippen molar-refractivity contribution in [2.75, 3.05) is 0 Å². The van der Waals surface area contributed by atoms with Crippen LogP contribution in [0.1, 0.15) is 22.8 Å². The molecule has 106 valence electrons. The lowest BCUT2D eigenvalue weighted by atomic mass is 10.1. The van der Waals surface area contributed by atoms with Gasteiger partial charge in [-0.05, 0) is 11.1 Å². The average molecular weight is 290 g/mol. The van der Waals surface area contributed by atoms with E-state index in [0.717, 1.165) is 11.1 Å². The number of rotatable bonds is 4. The van der Waals surface area contributed by atoms with Crippen LogP contribution in [-0.2, 0) is 13.1 Å². The molecule has 0 aliphatic carbocycles. The minimum Gasteiger partial charge on any atom is -0.247 e. The molecule has 2 heterocycles. The lowest BCUT2D eigenvalue weighted by Gasteiger charge is -2.05. The standard InChI is InChI=1S/C14H10N8/c15-5-13-17-9-21(19-13)7-11-2-1-3-12(4-11)8-22-10-18-14(6-16)20-22/h1-4,9-10H,7-8H2. The zero-order chi connectivity index (χ0) is 15.4. The smallest absolute Gasteiger partial charge is 0.247 e. The van der Waals surface area contributed by atoms with Crippen LogP contribution in [0.3, 0.4) is 0 Å². The van der Waals surface area contributed by atoms with Crippen LogP contribution < -0.4 is 0 Å². The fourth-order valence-electron chi connectivity index (χ4n) is 2.04. The number of aromatic nitrogens is 6. The van der Waals surface area contributed by atoms with E-state index in [0.29, 0.717) is 13.1 Å². The summed E-state index contributed by atoms with van der Waals surface area (Å²) in [4.78, 5) is 7.74. The van der Waals surface area contributed by atoms with Crippen LogP contribution in [0.2, 0.25) is 0 Å². The minimum atomic E-state index is 0.155. The van der Waals surface area contributed by atoms with E-state index in [1.165, 1.54) is 12.7 Å². The van der Waals surface area contributed by atoms with Gasteiger partial charge in [-0.2, -0.15) is 10.5 Å². The van der Waals surface area contributed by atoms with E-state index < -0.39 is 0 Å². The summed E-state index contributed by atoms with van der Waals surface area (Å²) in [7, 11) is 0. The molecule has 0 aliphatic heterocycles. The summed E-state index contributed by atoms with van der Waals surface area (Å²) < 4.78 is 3.22. The number of nitrogens with zero attached hydrogens (tertiary/aromatic N) is 8. The first-order valence-electron chi connectivity index (χ1n) is 6.44. The first-order chi connectivity index (χ1) is 10.8. The van der Waals surface area contributed by atoms with Crippen molar-refractivity contribution in [3.63, 3.8) is 0 Å². The summed E-state index contributed by atoms with van der Waals surface area (Å²) in [5.41, 5.74) is 2.07. The van der Waals surface area contributed by atoms with Gasteiger partial charge in [0.05, 0.1) is 13.1 Å². The Morgan fingerprint density at radius 1 is 0.864 bits per heavy atom. The summed E-state index contributed by atoms with van der Waals surface area (Å²) in [5, 5.41) is 25.5. The van der Waals surface area contributed by atoms with E-state index in [2.05, 4.69) is 20.2 Å². The molecule has 0 radical (unpaired) electrons. The molecule has 8 heteroatoms. The van der Waals surface area contributed by atoms with Crippen LogP contribution >= 0.6 is 0 Å². The maximum Gasteiger partial charge on any atom is 0.252 e. The van der Waals surface area contributed by atoms with Gasteiger partial charge < -0.3 is 0 Å². The SMILES string of the molecule is N#Cc1ncn(Cc2cccc(Cn3cnc(C#N)n3)c2)n1. The molecule has 0 aliphatic rings. The lowest BCUT2D eigenvalue weighted by Crippen LogP contribution is -2.04. The molecule has 0 saturated heterocycles. The third-order valence-corrected chi connectivity index (χ3v) is 2.95. The Balaban J connectivity index is 1.75. The molecule has 0 spiro atoms. The third kappa shape index (κ3) is 2.97. The van der Waals surface area contributed by atoms with Crippen LogP contribution in [0, 0.1) is 22.7 Å². The van der Waals surface area contributed by atoms with Gasteiger partial charge >= 0.3 is 0 Å². The maximum atomic E-state index is 8.72. The van der Waals surface area contributed by atoms with Gasteiger partial charge in [-0.25, -0.2) is 19.3 Å². The van der Waals surface area contributed by atoms with Crippen LogP contribution in [0.15, 0.2) is 36.9 Å². The highest BCUT2D eigenvalue weighted by Crippen LogP contribution is 2.08. The quantitative estimate of drug-likeness (QED) is 0.700. The summed E-state index contributed by atoms with van der Waals surface area (Å²) in [6.07, 6.45) is 3.06. The van der Waals surface area contributed by atoms with Gasteiger partial charge in [-0.1, -0.05) is 24.3 Å². The van der Waals surface area contributed by atoms with Crippen LogP contribution in [-0.4, -0.2) is 29.5 Å². The van der Waals surface area contributed by atoms with Gasteiger partial charge in [0.25, 0.3) is 11.6 Å². The Bertz CT molecular complexity index is 807. The van der Waals surface area contributed by atoms with Crippen molar-refractivity contribution in [1.82, 2.24) is 29.5 Å². The third-order valence-electron chi connectivity index (χ3n) is 2.95. The first kappa shape index (κ1) is 13.5. The molecule has 8 nitrogen and oxygen atoms in total. The predicted octanol–water partition coefficient (Wildman–Crippen LogP) is 0.710. The number of benzene rings is 1. The van der Waals surface area contributed by atoms with Gasteiger partial charge in [-0.15, -0.1) is 10.2 Å². The molecule has 22 heavy (non-hydrogen) atoms. The normalized spacial score (nSPS) is 10.1. The van der Waals surface area contributed by atoms with E-state index in [4.69, 9.17) is 10.5 Å². The van der Waals surface area contributed by atoms with E-state index in [9.17, 15) is 0 Å². The summed E-state index contributed by atoms with van der Waals surface area (Å²) in [6, 6.07) is 11.7. The molecule has 2 aromatic heterocycles. The Morgan fingerprint density at radius 2 is 1.36 bits per heavy atom. The fraction of sp³-hybridized carbons (Fsp3) is 0.143. The van der Waals surface area contributed by atoms with Crippen LogP contribution in [0.4, 0.5) is 0 Å². The van der Waals surface area contributed by atoms with Gasteiger partial charge in [-0.3, -0.25) is 0 Å². The molecule has 0 atom stereocenters. The van der Waals surface area contributed by atoms with Crippen molar-refractivity contribution in [3.8, 4) is 12.1 Å². The molecule has 0 unspecified atom stereocenters. The van der Waals surface area contributed by atoms with Gasteiger partial charge in [0.15, 0.2) is 0 Å². The second-order valence-corrected chi connectivity index (χ2v) is 4.58. The number of nitriles is 2. The van der Waals surface area contributed by atoms with E-state index in [1.807, 2.05) is 36.4 Å². The second-order valence-electron chi connectivity index (χ2n) is 4.58. The van der Waals surface area contributed by atoms with Crippen molar-refractivity contribution in [2.24, 2.45) is 0 Å². The summed E-state index contributed by atoms with van der Waals surface area (Å²) in [5.74, 6) is 0.311. The van der Waals surface area contributed by atoms with Crippen molar-refractivity contribution in [2.45, 2.75) is 13.1 Å². The van der Waals surface area contributed by atoms with Crippen molar-refractivity contribution >= 4 is 0 Å². The first-order valence-corrected chi connectivity index (χ1v) is 6.44. The van der Waals surface area contributed by atoms with Crippen LogP contribution in [0.25, 0.3) is 0 Å². The van der Waals surface area contributed by atoms with Crippen LogP contribution in [0.5, 0.6) is 0 Å². The van der Waals surface area contributed by atoms with Gasteiger partial charge in [0.2, 0.25) is 0 Å². The van der Waals surface area contributed by atoms with Gasteiger partial charge in [0, 0.05) is 0 Å². The minimum absolute atomic E-state index is 0.155. The Morgan fingerprint density at radius 3 is 1.77 bits per heavy atom. The Labute approximate surface area is 125 Å². The molecule has 0 fully saturated rings. The van der Waals surface area contributed by atoms with Crippen molar-refractivity contribution < 1.29 is 0 Å². The summed E-state index contributed by atoms with van der Waals surface area (Å²) in [6.45, 7) is 1.06. The molecule has 0 amide bonds. The van der Waals surface area contributed by atoms with Crippen molar-refractivity contribution in [3.05, 3.63) is 59.7 Å². The molecule has 0 bridgehead atoms. The molecule has 1 aromatic carbocycles. The molecule has 3 aromatic rings.